The number of hydrogen-bond donors (Lipinski definition) is 0. The van der Waals surface area contributed by atoms with Crippen molar-refractivity contribution < 1.29 is 0 Å². The molecule has 0 unspecified atom stereocenters. The first-order valence-corrected chi connectivity index (χ1v) is 13.3. The standard InChI is InChI=1S/C35H23N5/c1-3-11-24(12-4-1)30-21-26(22-31(37-30)25-13-5-2-6-14-25)29-19-18-27(23-36-29)40-32-16-8-7-15-28(32)34-35(40)39-20-10-9-17-33(39)38-34/h1-23H. The van der Waals surface area contributed by atoms with Gasteiger partial charge in [-0.15, -0.1) is 0 Å². The highest BCUT2D eigenvalue weighted by molar-refractivity contribution is 6.07. The van der Waals surface area contributed by atoms with Gasteiger partial charge in [-0.2, -0.15) is 0 Å². The van der Waals surface area contributed by atoms with E-state index in [9.17, 15) is 0 Å². The van der Waals surface area contributed by atoms with E-state index in [1.54, 1.807) is 0 Å². The lowest BCUT2D eigenvalue weighted by atomic mass is 10.0. The van der Waals surface area contributed by atoms with Gasteiger partial charge < -0.3 is 0 Å². The third-order valence-corrected chi connectivity index (χ3v) is 7.38. The lowest BCUT2D eigenvalue weighted by Crippen LogP contribution is -1.99. The Morgan fingerprint density at radius 1 is 0.525 bits per heavy atom. The Kier molecular flexibility index (Phi) is 5.07. The van der Waals surface area contributed by atoms with E-state index in [1.165, 1.54) is 0 Å². The van der Waals surface area contributed by atoms with Gasteiger partial charge in [-0.05, 0) is 42.5 Å². The zero-order valence-electron chi connectivity index (χ0n) is 21.5. The molecule has 0 radical (unpaired) electrons. The summed E-state index contributed by atoms with van der Waals surface area (Å²) < 4.78 is 4.39. The molecule has 5 heterocycles. The highest BCUT2D eigenvalue weighted by Gasteiger charge is 2.18. The van der Waals surface area contributed by atoms with E-state index in [1.807, 2.05) is 60.8 Å². The van der Waals surface area contributed by atoms with Gasteiger partial charge in [-0.3, -0.25) is 14.0 Å². The Hall–Kier alpha value is -5.55. The number of rotatable bonds is 4. The van der Waals surface area contributed by atoms with Crippen LogP contribution in [-0.2, 0) is 0 Å². The molecule has 188 valence electrons. The van der Waals surface area contributed by atoms with Crippen molar-refractivity contribution in [1.82, 2.24) is 23.9 Å². The van der Waals surface area contributed by atoms with Gasteiger partial charge in [0.1, 0.15) is 11.2 Å². The monoisotopic (exact) mass is 513 g/mol. The number of para-hydroxylation sites is 1. The summed E-state index contributed by atoms with van der Waals surface area (Å²) in [5, 5.41) is 1.12. The van der Waals surface area contributed by atoms with Crippen molar-refractivity contribution in [2.75, 3.05) is 0 Å². The number of pyridine rings is 3. The summed E-state index contributed by atoms with van der Waals surface area (Å²) in [7, 11) is 0. The third kappa shape index (κ3) is 3.60. The second kappa shape index (κ2) is 9.03. The Morgan fingerprint density at radius 2 is 1.20 bits per heavy atom. The van der Waals surface area contributed by atoms with E-state index in [0.717, 1.165) is 67.2 Å². The first kappa shape index (κ1) is 22.4. The van der Waals surface area contributed by atoms with Crippen molar-refractivity contribution in [1.29, 1.82) is 0 Å². The average molecular weight is 514 g/mol. The molecule has 0 saturated heterocycles. The van der Waals surface area contributed by atoms with Crippen LogP contribution in [0.25, 0.3) is 67.2 Å². The molecule has 5 heteroatoms. The van der Waals surface area contributed by atoms with Gasteiger partial charge >= 0.3 is 0 Å². The summed E-state index contributed by atoms with van der Waals surface area (Å²) in [6, 6.07) is 43.6. The number of aromatic nitrogens is 5. The van der Waals surface area contributed by atoms with Gasteiger partial charge in [0.05, 0.1) is 34.5 Å². The van der Waals surface area contributed by atoms with Crippen LogP contribution in [0.1, 0.15) is 0 Å². The Labute approximate surface area is 230 Å². The van der Waals surface area contributed by atoms with Crippen LogP contribution < -0.4 is 0 Å². The molecule has 0 aliphatic carbocycles. The van der Waals surface area contributed by atoms with Gasteiger partial charge in [0, 0.05) is 28.3 Å². The predicted octanol–water partition coefficient (Wildman–Crippen LogP) is 8.22. The van der Waals surface area contributed by atoms with E-state index in [4.69, 9.17) is 15.0 Å². The van der Waals surface area contributed by atoms with Crippen molar-refractivity contribution in [3.05, 3.63) is 140 Å². The Balaban J connectivity index is 1.29. The summed E-state index contributed by atoms with van der Waals surface area (Å²) in [5.41, 5.74) is 11.0. The molecular formula is C35H23N5. The fraction of sp³-hybridized carbons (Fsp3) is 0. The van der Waals surface area contributed by atoms with Crippen molar-refractivity contribution in [2.24, 2.45) is 0 Å². The van der Waals surface area contributed by atoms with Gasteiger partial charge in [-0.1, -0.05) is 84.9 Å². The minimum atomic E-state index is 0.895. The van der Waals surface area contributed by atoms with Gasteiger partial charge in [0.2, 0.25) is 0 Å². The van der Waals surface area contributed by atoms with Crippen LogP contribution in [0.3, 0.4) is 0 Å². The van der Waals surface area contributed by atoms with Crippen molar-refractivity contribution in [2.45, 2.75) is 0 Å². The fourth-order valence-corrected chi connectivity index (χ4v) is 5.50. The summed E-state index contributed by atoms with van der Waals surface area (Å²) in [6.45, 7) is 0. The number of nitrogens with zero attached hydrogens (tertiary/aromatic N) is 5. The maximum Gasteiger partial charge on any atom is 0.150 e. The maximum absolute atomic E-state index is 5.01. The number of benzene rings is 3. The molecule has 5 aromatic heterocycles. The second-order valence-corrected chi connectivity index (χ2v) is 9.83. The molecule has 0 fully saturated rings. The predicted molar refractivity (Wildman–Crippen MR) is 161 cm³/mol. The molecule has 0 aliphatic heterocycles. The molecule has 0 atom stereocenters. The van der Waals surface area contributed by atoms with Crippen LogP contribution in [0.2, 0.25) is 0 Å². The summed E-state index contributed by atoms with van der Waals surface area (Å²) in [5.74, 6) is 0. The molecule has 0 spiro atoms. The molecule has 0 amide bonds. The highest BCUT2D eigenvalue weighted by Crippen LogP contribution is 2.33. The van der Waals surface area contributed by atoms with E-state index in [0.29, 0.717) is 0 Å². The van der Waals surface area contributed by atoms with Crippen LogP contribution in [-0.4, -0.2) is 23.9 Å². The Bertz CT molecular complexity index is 2080. The number of imidazole rings is 1. The van der Waals surface area contributed by atoms with E-state index < -0.39 is 0 Å². The summed E-state index contributed by atoms with van der Waals surface area (Å²) >= 11 is 0. The van der Waals surface area contributed by atoms with Crippen molar-refractivity contribution in [3.8, 4) is 39.5 Å². The van der Waals surface area contributed by atoms with Crippen LogP contribution in [0.15, 0.2) is 140 Å². The van der Waals surface area contributed by atoms with E-state index in [-0.39, 0.29) is 0 Å². The smallest absolute Gasteiger partial charge is 0.150 e. The zero-order chi connectivity index (χ0) is 26.5. The maximum atomic E-state index is 5.01. The lowest BCUT2D eigenvalue weighted by molar-refractivity contribution is 1.08. The average Bonchev–Trinajstić information content (AvgIpc) is 3.57. The zero-order valence-corrected chi connectivity index (χ0v) is 21.5. The van der Waals surface area contributed by atoms with Crippen LogP contribution in [0, 0.1) is 0 Å². The Morgan fingerprint density at radius 3 is 1.90 bits per heavy atom. The SMILES string of the molecule is c1ccc(-c2cc(-c3ccc(-n4c5ccccc5c5nc6ccccn6c54)cn3)cc(-c3ccccc3)n2)cc1. The summed E-state index contributed by atoms with van der Waals surface area (Å²) in [4.78, 5) is 14.9. The van der Waals surface area contributed by atoms with Gasteiger partial charge in [0.15, 0.2) is 5.65 Å². The van der Waals surface area contributed by atoms with Crippen LogP contribution in [0.4, 0.5) is 0 Å². The molecule has 8 rings (SSSR count). The van der Waals surface area contributed by atoms with E-state index >= 15 is 0 Å². The van der Waals surface area contributed by atoms with Crippen LogP contribution >= 0.6 is 0 Å². The minimum absolute atomic E-state index is 0.895. The van der Waals surface area contributed by atoms with Crippen molar-refractivity contribution >= 4 is 27.7 Å². The van der Waals surface area contributed by atoms with Crippen LogP contribution in [0.5, 0.6) is 0 Å². The van der Waals surface area contributed by atoms with E-state index in [2.05, 4.69) is 88.0 Å². The molecule has 0 N–H and O–H groups in total. The molecule has 0 aliphatic rings. The largest absolute Gasteiger partial charge is 0.292 e. The molecular weight excluding hydrogens is 490 g/mol. The molecule has 5 nitrogen and oxygen atoms in total. The van der Waals surface area contributed by atoms with Crippen molar-refractivity contribution in [3.63, 3.8) is 0 Å². The number of hydrogen-bond acceptors (Lipinski definition) is 3. The fourth-order valence-electron chi connectivity index (χ4n) is 5.50. The molecule has 3 aromatic carbocycles. The van der Waals surface area contributed by atoms with Gasteiger partial charge in [-0.25, -0.2) is 9.97 Å². The lowest BCUT2D eigenvalue weighted by Gasteiger charge is -2.11. The summed E-state index contributed by atoms with van der Waals surface area (Å²) in [6.07, 6.45) is 4.02. The second-order valence-electron chi connectivity index (χ2n) is 9.83. The molecule has 0 saturated carbocycles. The number of fused-ring (bicyclic) bond motifs is 5. The molecule has 0 bridgehead atoms. The molecule has 40 heavy (non-hydrogen) atoms. The third-order valence-electron chi connectivity index (χ3n) is 7.38. The quantitative estimate of drug-likeness (QED) is 0.238. The first-order chi connectivity index (χ1) is 19.8. The topological polar surface area (TPSA) is 48.0 Å². The molecule has 8 aromatic rings. The normalized spacial score (nSPS) is 11.5. The van der Waals surface area contributed by atoms with Gasteiger partial charge in [0.25, 0.3) is 0 Å². The first-order valence-electron chi connectivity index (χ1n) is 13.3. The highest BCUT2D eigenvalue weighted by atomic mass is 15.1. The minimum Gasteiger partial charge on any atom is -0.292 e.